The molecule has 0 radical (unpaired) electrons. The Morgan fingerprint density at radius 2 is 2.60 bits per heavy atom. The Bertz CT molecular complexity index is 340. The van der Waals surface area contributed by atoms with E-state index < -0.39 is 0 Å². The van der Waals surface area contributed by atoms with Crippen molar-refractivity contribution in [3.8, 4) is 0 Å². The largest absolute Gasteiger partial charge is 0.376 e. The number of ether oxygens (including phenoxy) is 1. The lowest BCUT2D eigenvalue weighted by atomic mass is 10.2. The summed E-state index contributed by atoms with van der Waals surface area (Å²) < 4.78 is 7.24. The standard InChI is InChI=1S/C11H16N2O2/c1-13-6-2-5-10(13)11(14)12-8-9-4-3-7-15-9/h2,5-6,9H,3-4,7-8H2,1H3,(H,12,14). The molecule has 0 aromatic carbocycles. The maximum Gasteiger partial charge on any atom is 0.267 e. The summed E-state index contributed by atoms with van der Waals surface area (Å²) in [6.07, 6.45) is 4.22. The third-order valence-corrected chi connectivity index (χ3v) is 2.69. The van der Waals surface area contributed by atoms with Gasteiger partial charge in [0.2, 0.25) is 0 Å². The van der Waals surface area contributed by atoms with Crippen molar-refractivity contribution in [1.82, 2.24) is 9.88 Å². The van der Waals surface area contributed by atoms with Gasteiger partial charge >= 0.3 is 0 Å². The molecule has 2 heterocycles. The van der Waals surface area contributed by atoms with Crippen LogP contribution in [0.3, 0.4) is 0 Å². The van der Waals surface area contributed by atoms with Crippen molar-refractivity contribution in [1.29, 1.82) is 0 Å². The number of rotatable bonds is 3. The van der Waals surface area contributed by atoms with Gasteiger partial charge < -0.3 is 14.6 Å². The highest BCUT2D eigenvalue weighted by molar-refractivity contribution is 5.92. The molecule has 4 heteroatoms. The average molecular weight is 208 g/mol. The number of nitrogens with one attached hydrogen (secondary N) is 1. The molecule has 1 aliphatic heterocycles. The van der Waals surface area contributed by atoms with E-state index in [4.69, 9.17) is 4.74 Å². The van der Waals surface area contributed by atoms with E-state index in [1.807, 2.05) is 29.9 Å². The van der Waals surface area contributed by atoms with Gasteiger partial charge in [-0.15, -0.1) is 0 Å². The van der Waals surface area contributed by atoms with Crippen LogP contribution in [0.15, 0.2) is 18.3 Å². The molecule has 4 nitrogen and oxygen atoms in total. The van der Waals surface area contributed by atoms with Gasteiger partial charge in [0.1, 0.15) is 5.69 Å². The van der Waals surface area contributed by atoms with E-state index in [-0.39, 0.29) is 12.0 Å². The van der Waals surface area contributed by atoms with Crippen LogP contribution in [0.4, 0.5) is 0 Å². The summed E-state index contributed by atoms with van der Waals surface area (Å²) in [5, 5.41) is 2.88. The van der Waals surface area contributed by atoms with Gasteiger partial charge in [-0.05, 0) is 25.0 Å². The summed E-state index contributed by atoms with van der Waals surface area (Å²) in [6.45, 7) is 1.44. The van der Waals surface area contributed by atoms with E-state index in [0.29, 0.717) is 12.2 Å². The van der Waals surface area contributed by atoms with Crippen LogP contribution in [0.5, 0.6) is 0 Å². The minimum absolute atomic E-state index is 0.0296. The fourth-order valence-electron chi connectivity index (χ4n) is 1.80. The number of hydrogen-bond acceptors (Lipinski definition) is 2. The van der Waals surface area contributed by atoms with Gasteiger partial charge in [0.05, 0.1) is 6.10 Å². The quantitative estimate of drug-likeness (QED) is 0.803. The maximum absolute atomic E-state index is 11.7. The van der Waals surface area contributed by atoms with Crippen LogP contribution in [0.25, 0.3) is 0 Å². The summed E-state index contributed by atoms with van der Waals surface area (Å²) in [5.41, 5.74) is 0.688. The number of nitrogens with zero attached hydrogens (tertiary/aromatic N) is 1. The first-order valence-electron chi connectivity index (χ1n) is 5.28. The number of carbonyl (C=O) groups excluding carboxylic acids is 1. The molecule has 1 fully saturated rings. The Morgan fingerprint density at radius 1 is 1.73 bits per heavy atom. The molecule has 15 heavy (non-hydrogen) atoms. The van der Waals surface area contributed by atoms with E-state index in [2.05, 4.69) is 5.32 Å². The fraction of sp³-hybridized carbons (Fsp3) is 0.545. The third kappa shape index (κ3) is 2.39. The van der Waals surface area contributed by atoms with Crippen LogP contribution in [0, 0.1) is 0 Å². The Balaban J connectivity index is 1.84. The highest BCUT2D eigenvalue weighted by Crippen LogP contribution is 2.10. The van der Waals surface area contributed by atoms with Crippen LogP contribution < -0.4 is 5.32 Å². The summed E-state index contributed by atoms with van der Waals surface area (Å²) in [5.74, 6) is -0.0296. The molecule has 1 N–H and O–H groups in total. The molecule has 0 spiro atoms. The molecule has 1 aromatic rings. The maximum atomic E-state index is 11.7. The van der Waals surface area contributed by atoms with Crippen LogP contribution in [0.1, 0.15) is 23.3 Å². The summed E-state index contributed by atoms with van der Waals surface area (Å²) >= 11 is 0. The van der Waals surface area contributed by atoms with E-state index in [9.17, 15) is 4.79 Å². The molecule has 1 amide bonds. The first-order valence-corrected chi connectivity index (χ1v) is 5.28. The third-order valence-electron chi connectivity index (χ3n) is 2.69. The van der Waals surface area contributed by atoms with Gasteiger partial charge in [-0.3, -0.25) is 4.79 Å². The lowest BCUT2D eigenvalue weighted by Crippen LogP contribution is -2.32. The van der Waals surface area contributed by atoms with Gasteiger partial charge in [0.15, 0.2) is 0 Å². The summed E-state index contributed by atoms with van der Waals surface area (Å²) in [6, 6.07) is 3.67. The molecule has 0 saturated carbocycles. The fourth-order valence-corrected chi connectivity index (χ4v) is 1.80. The van der Waals surface area contributed by atoms with Crippen LogP contribution >= 0.6 is 0 Å². The first-order chi connectivity index (χ1) is 7.27. The number of hydrogen-bond donors (Lipinski definition) is 1. The summed E-state index contributed by atoms with van der Waals surface area (Å²) in [4.78, 5) is 11.7. The minimum atomic E-state index is -0.0296. The van der Waals surface area contributed by atoms with Crippen molar-refractivity contribution in [2.24, 2.45) is 7.05 Å². The van der Waals surface area contributed by atoms with Crippen molar-refractivity contribution < 1.29 is 9.53 Å². The molecular formula is C11H16N2O2. The zero-order chi connectivity index (χ0) is 10.7. The van der Waals surface area contributed by atoms with E-state index >= 15 is 0 Å². The predicted molar refractivity (Wildman–Crippen MR) is 56.7 cm³/mol. The molecule has 1 aromatic heterocycles. The number of carbonyl (C=O) groups is 1. The van der Waals surface area contributed by atoms with Crippen LogP contribution in [-0.2, 0) is 11.8 Å². The highest BCUT2D eigenvalue weighted by Gasteiger charge is 2.17. The highest BCUT2D eigenvalue weighted by atomic mass is 16.5. The van der Waals surface area contributed by atoms with Crippen LogP contribution in [0.2, 0.25) is 0 Å². The molecule has 1 unspecified atom stereocenters. The molecule has 1 saturated heterocycles. The second kappa shape index (κ2) is 4.49. The second-order valence-corrected chi connectivity index (χ2v) is 3.85. The van der Waals surface area contributed by atoms with Gasteiger partial charge in [-0.25, -0.2) is 0 Å². The monoisotopic (exact) mass is 208 g/mol. The zero-order valence-corrected chi connectivity index (χ0v) is 8.90. The molecule has 2 rings (SSSR count). The number of aromatic nitrogens is 1. The van der Waals surface area contributed by atoms with E-state index in [1.54, 1.807) is 0 Å². The van der Waals surface area contributed by atoms with Crippen molar-refractivity contribution in [2.75, 3.05) is 13.2 Å². The lowest BCUT2D eigenvalue weighted by molar-refractivity contribution is 0.0851. The van der Waals surface area contributed by atoms with E-state index in [0.717, 1.165) is 19.4 Å². The number of aryl methyl sites for hydroxylation is 1. The Hall–Kier alpha value is -1.29. The molecule has 1 aliphatic rings. The second-order valence-electron chi connectivity index (χ2n) is 3.85. The van der Waals surface area contributed by atoms with Crippen molar-refractivity contribution in [2.45, 2.75) is 18.9 Å². The smallest absolute Gasteiger partial charge is 0.267 e. The Kier molecular flexibility index (Phi) is 3.06. The lowest BCUT2D eigenvalue weighted by Gasteiger charge is -2.10. The molecular weight excluding hydrogens is 192 g/mol. The molecule has 82 valence electrons. The average Bonchev–Trinajstić information content (AvgIpc) is 2.84. The topological polar surface area (TPSA) is 43.3 Å². The van der Waals surface area contributed by atoms with Crippen molar-refractivity contribution in [3.05, 3.63) is 24.0 Å². The van der Waals surface area contributed by atoms with Gasteiger partial charge in [0.25, 0.3) is 5.91 Å². The van der Waals surface area contributed by atoms with Crippen molar-refractivity contribution >= 4 is 5.91 Å². The summed E-state index contributed by atoms with van der Waals surface area (Å²) in [7, 11) is 1.86. The Labute approximate surface area is 89.2 Å². The van der Waals surface area contributed by atoms with Gasteiger partial charge in [0, 0.05) is 26.4 Å². The number of amides is 1. The zero-order valence-electron chi connectivity index (χ0n) is 8.90. The molecule has 1 atom stereocenters. The SMILES string of the molecule is Cn1cccc1C(=O)NCC1CCCO1. The van der Waals surface area contributed by atoms with Crippen LogP contribution in [-0.4, -0.2) is 29.7 Å². The van der Waals surface area contributed by atoms with Crippen molar-refractivity contribution in [3.63, 3.8) is 0 Å². The first kappa shape index (κ1) is 10.2. The predicted octanol–water partition coefficient (Wildman–Crippen LogP) is 0.934. The Morgan fingerprint density at radius 3 is 3.20 bits per heavy atom. The van der Waals surface area contributed by atoms with Gasteiger partial charge in [-0.2, -0.15) is 0 Å². The van der Waals surface area contributed by atoms with E-state index in [1.165, 1.54) is 0 Å². The molecule has 0 bridgehead atoms. The molecule has 0 aliphatic carbocycles. The minimum Gasteiger partial charge on any atom is -0.376 e. The normalized spacial score (nSPS) is 20.5. The van der Waals surface area contributed by atoms with Gasteiger partial charge in [-0.1, -0.05) is 0 Å².